The molecule has 28 heavy (non-hydrogen) atoms. The van der Waals surface area contributed by atoms with Gasteiger partial charge in [-0.3, -0.25) is 4.79 Å². The van der Waals surface area contributed by atoms with Crippen LogP contribution in [0.2, 0.25) is 10.0 Å². The summed E-state index contributed by atoms with van der Waals surface area (Å²) in [5, 5.41) is 11.6. The van der Waals surface area contributed by atoms with E-state index >= 15 is 0 Å². The van der Waals surface area contributed by atoms with Gasteiger partial charge in [0.05, 0.1) is 23.7 Å². The molecule has 2 heterocycles. The minimum atomic E-state index is -0.171. The summed E-state index contributed by atoms with van der Waals surface area (Å²) in [5.41, 5.74) is 1.64. The zero-order chi connectivity index (χ0) is 20.3. The molecular weight excluding hydrogens is 417 g/mol. The number of hydrogen-bond donors (Lipinski definition) is 0. The summed E-state index contributed by atoms with van der Waals surface area (Å²) >= 11 is 13.8. The zero-order valence-electron chi connectivity index (χ0n) is 15.5. The highest BCUT2D eigenvalue weighted by molar-refractivity contribution is 7.19. The molecule has 5 nitrogen and oxygen atoms in total. The third kappa shape index (κ3) is 4.34. The van der Waals surface area contributed by atoms with Crippen molar-refractivity contribution >= 4 is 45.3 Å². The molecule has 0 saturated carbocycles. The number of ketones is 1. The average Bonchev–Trinajstić information content (AvgIpc) is 3.06. The summed E-state index contributed by atoms with van der Waals surface area (Å²) in [6.07, 6.45) is 3.19. The summed E-state index contributed by atoms with van der Waals surface area (Å²) < 4.78 is 5.42. The topological polar surface area (TPSA) is 56.6 Å². The summed E-state index contributed by atoms with van der Waals surface area (Å²) in [4.78, 5) is 17.3. The number of rotatable bonds is 5. The number of thiophene rings is 1. The fraction of sp³-hybridized carbons (Fsp3) is 0.300. The van der Waals surface area contributed by atoms with Crippen LogP contribution in [0.3, 0.4) is 0 Å². The maximum Gasteiger partial charge on any atom is 0.197 e. The van der Waals surface area contributed by atoms with Crippen LogP contribution < -0.4 is 4.90 Å². The number of ether oxygens (including phenoxy) is 1. The lowest BCUT2D eigenvalue weighted by molar-refractivity contribution is 0.104. The maximum absolute atomic E-state index is 13.0. The number of anilines is 1. The second-order valence-corrected chi connectivity index (χ2v) is 8.31. The molecule has 0 spiro atoms. The second kappa shape index (κ2) is 8.97. The van der Waals surface area contributed by atoms with Crippen molar-refractivity contribution in [2.45, 2.75) is 0 Å². The maximum atomic E-state index is 13.0. The first-order valence-corrected chi connectivity index (χ1v) is 10.2. The summed E-state index contributed by atoms with van der Waals surface area (Å²) in [6, 6.07) is 7.37. The van der Waals surface area contributed by atoms with Gasteiger partial charge in [-0.2, -0.15) is 5.26 Å². The molecule has 1 aromatic heterocycles. The number of hydrogen-bond acceptors (Lipinski definition) is 6. The van der Waals surface area contributed by atoms with Gasteiger partial charge in [0.25, 0.3) is 0 Å². The van der Waals surface area contributed by atoms with Crippen LogP contribution in [0.5, 0.6) is 0 Å². The Morgan fingerprint density at radius 1 is 1.32 bits per heavy atom. The SMILES string of the molecule is CN(C)C=CC(=O)c1sc(N2CCOCC2)c(C#N)c1-c1ccc(Cl)cc1Cl. The largest absolute Gasteiger partial charge is 0.383 e. The summed E-state index contributed by atoms with van der Waals surface area (Å²) in [6.45, 7) is 2.52. The highest BCUT2D eigenvalue weighted by Crippen LogP contribution is 2.45. The van der Waals surface area contributed by atoms with Gasteiger partial charge >= 0.3 is 0 Å². The monoisotopic (exact) mass is 435 g/mol. The van der Waals surface area contributed by atoms with Crippen molar-refractivity contribution in [3.8, 4) is 17.2 Å². The van der Waals surface area contributed by atoms with E-state index in [0.29, 0.717) is 57.9 Å². The fourth-order valence-electron chi connectivity index (χ4n) is 2.93. The van der Waals surface area contributed by atoms with E-state index in [4.69, 9.17) is 27.9 Å². The van der Waals surface area contributed by atoms with Crippen molar-refractivity contribution in [3.05, 3.63) is 51.0 Å². The Morgan fingerprint density at radius 2 is 2.04 bits per heavy atom. The van der Waals surface area contributed by atoms with Crippen LogP contribution in [0.15, 0.2) is 30.5 Å². The Labute approximate surface area is 178 Å². The van der Waals surface area contributed by atoms with Crippen molar-refractivity contribution in [2.75, 3.05) is 45.3 Å². The van der Waals surface area contributed by atoms with Crippen LogP contribution in [0, 0.1) is 11.3 Å². The smallest absolute Gasteiger partial charge is 0.197 e. The van der Waals surface area contributed by atoms with Crippen LogP contribution in [-0.2, 0) is 4.74 Å². The Bertz CT molecular complexity index is 957. The van der Waals surface area contributed by atoms with Gasteiger partial charge in [-0.1, -0.05) is 29.3 Å². The minimum absolute atomic E-state index is 0.171. The zero-order valence-corrected chi connectivity index (χ0v) is 17.9. The number of carbonyl (C=O) groups is 1. The van der Waals surface area contributed by atoms with Crippen LogP contribution in [0.1, 0.15) is 15.2 Å². The first-order valence-electron chi connectivity index (χ1n) is 8.66. The van der Waals surface area contributed by atoms with E-state index in [0.717, 1.165) is 5.00 Å². The highest BCUT2D eigenvalue weighted by atomic mass is 35.5. The predicted molar refractivity (Wildman–Crippen MR) is 115 cm³/mol. The normalized spacial score (nSPS) is 14.3. The molecule has 0 radical (unpaired) electrons. The lowest BCUT2D eigenvalue weighted by Gasteiger charge is -2.27. The Balaban J connectivity index is 2.20. The molecule has 0 amide bonds. The van der Waals surface area contributed by atoms with Gasteiger partial charge in [-0.25, -0.2) is 0 Å². The Hall–Kier alpha value is -2.04. The number of nitrogens with zero attached hydrogens (tertiary/aromatic N) is 3. The van der Waals surface area contributed by atoms with Crippen molar-refractivity contribution in [3.63, 3.8) is 0 Å². The van der Waals surface area contributed by atoms with Gasteiger partial charge in [0.2, 0.25) is 0 Å². The average molecular weight is 436 g/mol. The molecule has 1 aromatic carbocycles. The molecule has 1 aliphatic rings. The van der Waals surface area contributed by atoms with Crippen LogP contribution in [0.4, 0.5) is 5.00 Å². The lowest BCUT2D eigenvalue weighted by Crippen LogP contribution is -2.36. The number of halogens is 2. The van der Waals surface area contributed by atoms with Gasteiger partial charge < -0.3 is 14.5 Å². The lowest BCUT2D eigenvalue weighted by atomic mass is 9.99. The van der Waals surface area contributed by atoms with Gasteiger partial charge in [0, 0.05) is 60.6 Å². The standard InChI is InChI=1S/C20H19Cl2N3O2S/c1-24(2)6-5-17(26)19-18(14-4-3-13(21)11-16(14)22)15(12-23)20(28-19)25-7-9-27-10-8-25/h3-6,11H,7-10H2,1-2H3. The number of morpholine rings is 1. The van der Waals surface area contributed by atoms with E-state index in [9.17, 15) is 10.1 Å². The predicted octanol–water partition coefficient (Wildman–Crippen LogP) is 4.69. The number of benzene rings is 1. The minimum Gasteiger partial charge on any atom is -0.383 e. The van der Waals surface area contributed by atoms with E-state index in [-0.39, 0.29) is 5.78 Å². The number of nitriles is 1. The molecule has 1 aliphatic heterocycles. The quantitative estimate of drug-likeness (QED) is 0.503. The molecule has 0 aliphatic carbocycles. The van der Waals surface area contributed by atoms with Crippen LogP contribution in [-0.4, -0.2) is 51.1 Å². The molecule has 0 N–H and O–H groups in total. The highest BCUT2D eigenvalue weighted by Gasteiger charge is 2.28. The summed E-state index contributed by atoms with van der Waals surface area (Å²) in [7, 11) is 3.68. The van der Waals surface area contributed by atoms with E-state index < -0.39 is 0 Å². The van der Waals surface area contributed by atoms with Gasteiger partial charge in [-0.15, -0.1) is 11.3 Å². The Morgan fingerprint density at radius 3 is 2.64 bits per heavy atom. The molecule has 3 rings (SSSR count). The molecule has 2 aromatic rings. The van der Waals surface area contributed by atoms with Crippen molar-refractivity contribution in [1.82, 2.24) is 4.90 Å². The second-order valence-electron chi connectivity index (χ2n) is 6.47. The molecule has 8 heteroatoms. The summed E-state index contributed by atoms with van der Waals surface area (Å²) in [5.74, 6) is -0.171. The van der Waals surface area contributed by atoms with Gasteiger partial charge in [0.15, 0.2) is 5.78 Å². The Kier molecular flexibility index (Phi) is 6.63. The van der Waals surface area contributed by atoms with Crippen molar-refractivity contribution < 1.29 is 9.53 Å². The van der Waals surface area contributed by atoms with Gasteiger partial charge in [-0.05, 0) is 12.1 Å². The molecule has 146 valence electrons. The van der Waals surface area contributed by atoms with Gasteiger partial charge in [0.1, 0.15) is 11.1 Å². The molecule has 0 atom stereocenters. The third-order valence-corrected chi connectivity index (χ3v) is 6.06. The first kappa shape index (κ1) is 20.7. The first-order chi connectivity index (χ1) is 13.4. The van der Waals surface area contributed by atoms with Crippen LogP contribution >= 0.6 is 34.5 Å². The van der Waals surface area contributed by atoms with Crippen molar-refractivity contribution in [2.24, 2.45) is 0 Å². The number of carbonyl (C=O) groups excluding carboxylic acids is 1. The molecule has 1 saturated heterocycles. The third-order valence-electron chi connectivity index (χ3n) is 4.25. The molecule has 0 unspecified atom stereocenters. The van der Waals surface area contributed by atoms with E-state index in [1.807, 2.05) is 14.1 Å². The molecular formula is C20H19Cl2N3O2S. The molecule has 1 fully saturated rings. The van der Waals surface area contributed by atoms with Crippen molar-refractivity contribution in [1.29, 1.82) is 5.26 Å². The van der Waals surface area contributed by atoms with E-state index in [1.54, 1.807) is 29.3 Å². The molecule has 0 bridgehead atoms. The number of allylic oxidation sites excluding steroid dienone is 1. The fourth-order valence-corrected chi connectivity index (χ4v) is 4.67. The van der Waals surface area contributed by atoms with E-state index in [2.05, 4.69) is 11.0 Å². The van der Waals surface area contributed by atoms with E-state index in [1.165, 1.54) is 17.4 Å². The van der Waals surface area contributed by atoms with Crippen LogP contribution in [0.25, 0.3) is 11.1 Å².